The van der Waals surface area contributed by atoms with Crippen LogP contribution < -0.4 is 0 Å². The van der Waals surface area contributed by atoms with E-state index in [4.69, 9.17) is 14.2 Å². The molecular weight excluding hydrogens is 252 g/mol. The minimum atomic E-state index is -0.388. The van der Waals surface area contributed by atoms with Crippen LogP contribution in [0.25, 0.3) is 0 Å². The van der Waals surface area contributed by atoms with Crippen LogP contribution in [0.4, 0.5) is 0 Å². The summed E-state index contributed by atoms with van der Waals surface area (Å²) in [5, 5.41) is 2.98. The number of ether oxygens (including phenoxy) is 3. The molecule has 1 aromatic rings. The molecule has 0 aliphatic carbocycles. The topological polar surface area (TPSA) is 43.8 Å². The second kappa shape index (κ2) is 6.58. The lowest BCUT2D eigenvalue weighted by atomic mass is 10.3. The van der Waals surface area contributed by atoms with Crippen molar-refractivity contribution in [1.82, 2.24) is 9.88 Å². The number of hydrogen-bond donors (Lipinski definition) is 0. The standard InChI is InChI=1S/C12H20N2O3S/c1-4-14-5-6-17-10(7-14)11-13-9(8-18-11)12(15-2)16-3/h8,10,12H,4-7H2,1-3H3. The number of morpholine rings is 1. The molecule has 0 radical (unpaired) electrons. The Hall–Kier alpha value is -0.530. The van der Waals surface area contributed by atoms with E-state index in [1.165, 1.54) is 0 Å². The zero-order valence-electron chi connectivity index (χ0n) is 11.1. The van der Waals surface area contributed by atoms with Crippen LogP contribution in [0.15, 0.2) is 5.38 Å². The quantitative estimate of drug-likeness (QED) is 0.765. The molecule has 0 aromatic carbocycles. The van der Waals surface area contributed by atoms with Gasteiger partial charge in [-0.05, 0) is 6.54 Å². The number of hydrogen-bond acceptors (Lipinski definition) is 6. The van der Waals surface area contributed by atoms with E-state index in [9.17, 15) is 0 Å². The lowest BCUT2D eigenvalue weighted by Gasteiger charge is -2.30. The second-order valence-electron chi connectivity index (χ2n) is 4.17. The van der Waals surface area contributed by atoms with Gasteiger partial charge in [0.15, 0.2) is 0 Å². The van der Waals surface area contributed by atoms with Gasteiger partial charge in [0.05, 0.1) is 6.61 Å². The van der Waals surface area contributed by atoms with Crippen molar-refractivity contribution in [1.29, 1.82) is 0 Å². The minimum Gasteiger partial charge on any atom is -0.368 e. The van der Waals surface area contributed by atoms with E-state index in [2.05, 4.69) is 16.8 Å². The third-order valence-electron chi connectivity index (χ3n) is 3.08. The molecular formula is C12H20N2O3S. The van der Waals surface area contributed by atoms with Crippen LogP contribution in [0.2, 0.25) is 0 Å². The molecule has 102 valence electrons. The van der Waals surface area contributed by atoms with Gasteiger partial charge in [-0.2, -0.15) is 0 Å². The van der Waals surface area contributed by atoms with E-state index >= 15 is 0 Å². The average Bonchev–Trinajstić information content (AvgIpc) is 2.90. The van der Waals surface area contributed by atoms with Crippen LogP contribution in [-0.4, -0.2) is 50.3 Å². The van der Waals surface area contributed by atoms with Crippen LogP contribution >= 0.6 is 11.3 Å². The summed E-state index contributed by atoms with van der Waals surface area (Å²) in [6, 6.07) is 0. The molecule has 1 fully saturated rings. The number of aromatic nitrogens is 1. The van der Waals surface area contributed by atoms with Gasteiger partial charge in [0.2, 0.25) is 6.29 Å². The number of nitrogens with zero attached hydrogens (tertiary/aromatic N) is 2. The van der Waals surface area contributed by atoms with Crippen molar-refractivity contribution in [2.45, 2.75) is 19.3 Å². The van der Waals surface area contributed by atoms with Crippen molar-refractivity contribution in [3.63, 3.8) is 0 Å². The maximum Gasteiger partial charge on any atom is 0.201 e. The maximum atomic E-state index is 5.78. The van der Waals surface area contributed by atoms with Crippen LogP contribution in [0.1, 0.15) is 30.0 Å². The molecule has 1 unspecified atom stereocenters. The summed E-state index contributed by atoms with van der Waals surface area (Å²) in [5.41, 5.74) is 0.817. The zero-order chi connectivity index (χ0) is 13.0. The summed E-state index contributed by atoms with van der Waals surface area (Å²) in [4.78, 5) is 6.94. The van der Waals surface area contributed by atoms with E-state index < -0.39 is 0 Å². The zero-order valence-corrected chi connectivity index (χ0v) is 11.9. The van der Waals surface area contributed by atoms with Crippen molar-refractivity contribution < 1.29 is 14.2 Å². The van der Waals surface area contributed by atoms with Gasteiger partial charge in [-0.3, -0.25) is 4.90 Å². The molecule has 0 spiro atoms. The van der Waals surface area contributed by atoms with Crippen molar-refractivity contribution in [3.8, 4) is 0 Å². The Kier molecular flexibility index (Phi) is 5.08. The van der Waals surface area contributed by atoms with Crippen LogP contribution in [-0.2, 0) is 14.2 Å². The Morgan fingerprint density at radius 3 is 3.00 bits per heavy atom. The van der Waals surface area contributed by atoms with Gasteiger partial charge in [-0.25, -0.2) is 4.98 Å². The largest absolute Gasteiger partial charge is 0.368 e. The smallest absolute Gasteiger partial charge is 0.201 e. The van der Waals surface area contributed by atoms with E-state index in [0.717, 1.165) is 36.9 Å². The van der Waals surface area contributed by atoms with Gasteiger partial charge < -0.3 is 14.2 Å². The van der Waals surface area contributed by atoms with Gasteiger partial charge in [0.1, 0.15) is 16.8 Å². The van der Waals surface area contributed by atoms with Crippen LogP contribution in [0, 0.1) is 0 Å². The SMILES string of the molecule is CCN1CCOC(c2nc(C(OC)OC)cs2)C1. The summed E-state index contributed by atoms with van der Waals surface area (Å²) >= 11 is 1.60. The Balaban J connectivity index is 2.05. The highest BCUT2D eigenvalue weighted by Crippen LogP contribution is 2.28. The summed E-state index contributed by atoms with van der Waals surface area (Å²) < 4.78 is 16.2. The van der Waals surface area contributed by atoms with E-state index in [0.29, 0.717) is 0 Å². The predicted molar refractivity (Wildman–Crippen MR) is 69.7 cm³/mol. The van der Waals surface area contributed by atoms with Gasteiger partial charge in [-0.15, -0.1) is 11.3 Å². The molecule has 18 heavy (non-hydrogen) atoms. The molecule has 0 saturated carbocycles. The minimum absolute atomic E-state index is 0.0758. The molecule has 1 aromatic heterocycles. The third-order valence-corrected chi connectivity index (χ3v) is 4.04. The number of thiazole rings is 1. The molecule has 2 heterocycles. The Morgan fingerprint density at radius 2 is 2.33 bits per heavy atom. The normalized spacial score (nSPS) is 21.7. The molecule has 1 saturated heterocycles. The molecule has 5 nitrogen and oxygen atoms in total. The average molecular weight is 272 g/mol. The summed E-state index contributed by atoms with van der Waals surface area (Å²) in [7, 11) is 3.23. The lowest BCUT2D eigenvalue weighted by molar-refractivity contribution is -0.108. The number of methoxy groups -OCH3 is 2. The molecule has 6 heteroatoms. The van der Waals surface area contributed by atoms with E-state index in [-0.39, 0.29) is 12.4 Å². The van der Waals surface area contributed by atoms with Gasteiger partial charge >= 0.3 is 0 Å². The van der Waals surface area contributed by atoms with Crippen molar-refractivity contribution in [2.24, 2.45) is 0 Å². The fraction of sp³-hybridized carbons (Fsp3) is 0.750. The van der Waals surface area contributed by atoms with E-state index in [1.54, 1.807) is 25.6 Å². The first-order valence-corrected chi connectivity index (χ1v) is 7.01. The highest BCUT2D eigenvalue weighted by molar-refractivity contribution is 7.09. The van der Waals surface area contributed by atoms with Gasteiger partial charge in [0, 0.05) is 32.7 Å². The lowest BCUT2D eigenvalue weighted by Crippen LogP contribution is -2.38. The predicted octanol–water partition coefficient (Wildman–Crippen LogP) is 1.83. The Labute approximate surface area is 112 Å². The number of likely N-dealkylation sites (N-methyl/N-ethyl adjacent to an activating group) is 1. The molecule has 0 bridgehead atoms. The third kappa shape index (κ3) is 3.07. The highest BCUT2D eigenvalue weighted by Gasteiger charge is 2.24. The molecule has 1 atom stereocenters. The van der Waals surface area contributed by atoms with Crippen LogP contribution in [0.5, 0.6) is 0 Å². The number of rotatable bonds is 5. The maximum absolute atomic E-state index is 5.78. The fourth-order valence-electron chi connectivity index (χ4n) is 2.03. The van der Waals surface area contributed by atoms with Gasteiger partial charge in [-0.1, -0.05) is 6.92 Å². The first kappa shape index (κ1) is 13.9. The first-order chi connectivity index (χ1) is 8.78. The fourth-order valence-corrected chi connectivity index (χ4v) is 2.89. The molecule has 0 amide bonds. The monoisotopic (exact) mass is 272 g/mol. The summed E-state index contributed by atoms with van der Waals surface area (Å²) in [6.07, 6.45) is -0.312. The molecule has 2 rings (SSSR count). The molecule has 0 N–H and O–H groups in total. The Morgan fingerprint density at radius 1 is 1.56 bits per heavy atom. The Bertz CT molecular complexity index is 368. The molecule has 1 aliphatic rings. The van der Waals surface area contributed by atoms with Crippen molar-refractivity contribution in [3.05, 3.63) is 16.1 Å². The molecule has 1 aliphatic heterocycles. The van der Waals surface area contributed by atoms with E-state index in [1.807, 2.05) is 5.38 Å². The summed E-state index contributed by atoms with van der Waals surface area (Å²) in [6.45, 7) is 5.90. The van der Waals surface area contributed by atoms with Crippen LogP contribution in [0.3, 0.4) is 0 Å². The van der Waals surface area contributed by atoms with Crippen molar-refractivity contribution >= 4 is 11.3 Å². The summed E-state index contributed by atoms with van der Waals surface area (Å²) in [5.74, 6) is 0. The van der Waals surface area contributed by atoms with Crippen molar-refractivity contribution in [2.75, 3.05) is 40.5 Å². The highest BCUT2D eigenvalue weighted by atomic mass is 32.1. The first-order valence-electron chi connectivity index (χ1n) is 6.13. The second-order valence-corrected chi connectivity index (χ2v) is 5.06. The van der Waals surface area contributed by atoms with Gasteiger partial charge in [0.25, 0.3) is 0 Å².